The van der Waals surface area contributed by atoms with E-state index in [9.17, 15) is 0 Å². The summed E-state index contributed by atoms with van der Waals surface area (Å²) in [5, 5.41) is 1.42. The van der Waals surface area contributed by atoms with Crippen molar-refractivity contribution in [3.05, 3.63) is 23.8 Å². The Labute approximate surface area is 117 Å². The standard InChI is InChI=1S/C14H19N3OS/c1-10-3-4-12-13(9-10)16-14(15-12)19-11(2)17-5-7-18-8-6-17/h3-4,9,11H,5-8H2,1-2H3,(H,15,16). The number of aromatic nitrogens is 2. The van der Waals surface area contributed by atoms with Gasteiger partial charge in [-0.25, -0.2) is 4.98 Å². The lowest BCUT2D eigenvalue weighted by Crippen LogP contribution is -2.40. The van der Waals surface area contributed by atoms with Gasteiger partial charge in [-0.3, -0.25) is 4.90 Å². The SMILES string of the molecule is Cc1ccc2nc(SC(C)N3CCOCC3)[nH]c2c1. The van der Waals surface area contributed by atoms with E-state index in [1.165, 1.54) is 5.56 Å². The maximum absolute atomic E-state index is 5.39. The van der Waals surface area contributed by atoms with Crippen LogP contribution in [0.25, 0.3) is 11.0 Å². The molecule has 102 valence electrons. The first kappa shape index (κ1) is 13.0. The minimum atomic E-state index is 0.422. The van der Waals surface area contributed by atoms with Gasteiger partial charge in [-0.2, -0.15) is 0 Å². The molecule has 1 saturated heterocycles. The first-order valence-corrected chi connectivity index (χ1v) is 7.55. The van der Waals surface area contributed by atoms with Crippen LogP contribution >= 0.6 is 11.8 Å². The Hall–Kier alpha value is -1.04. The summed E-state index contributed by atoms with van der Waals surface area (Å²) < 4.78 is 5.39. The molecule has 0 spiro atoms. The van der Waals surface area contributed by atoms with E-state index in [2.05, 4.69) is 46.9 Å². The van der Waals surface area contributed by atoms with E-state index in [4.69, 9.17) is 4.74 Å². The number of hydrogen-bond donors (Lipinski definition) is 1. The van der Waals surface area contributed by atoms with Crippen molar-refractivity contribution >= 4 is 22.8 Å². The Kier molecular flexibility index (Phi) is 3.77. The van der Waals surface area contributed by atoms with Gasteiger partial charge in [0.15, 0.2) is 5.16 Å². The van der Waals surface area contributed by atoms with Crippen molar-refractivity contribution < 1.29 is 4.74 Å². The topological polar surface area (TPSA) is 41.2 Å². The summed E-state index contributed by atoms with van der Waals surface area (Å²) in [4.78, 5) is 10.5. The molecule has 1 aliphatic heterocycles. The number of nitrogens with one attached hydrogen (secondary N) is 1. The number of morpholine rings is 1. The van der Waals surface area contributed by atoms with Crippen LogP contribution in [0.4, 0.5) is 0 Å². The molecule has 0 aliphatic carbocycles. The summed E-state index contributed by atoms with van der Waals surface area (Å²) in [6, 6.07) is 6.32. The van der Waals surface area contributed by atoms with Gasteiger partial charge in [-0.05, 0) is 31.5 Å². The largest absolute Gasteiger partial charge is 0.379 e. The molecule has 1 N–H and O–H groups in total. The molecular formula is C14H19N3OS. The van der Waals surface area contributed by atoms with E-state index in [1.54, 1.807) is 11.8 Å². The number of H-pyrrole nitrogens is 1. The predicted molar refractivity (Wildman–Crippen MR) is 78.5 cm³/mol. The number of thioether (sulfide) groups is 1. The van der Waals surface area contributed by atoms with Crippen LogP contribution in [-0.4, -0.2) is 46.5 Å². The normalized spacial score (nSPS) is 18.8. The molecule has 1 unspecified atom stereocenters. The molecule has 5 heteroatoms. The van der Waals surface area contributed by atoms with Gasteiger partial charge < -0.3 is 9.72 Å². The van der Waals surface area contributed by atoms with Crippen LogP contribution in [-0.2, 0) is 4.74 Å². The zero-order chi connectivity index (χ0) is 13.2. The predicted octanol–water partition coefficient (Wildman–Crippen LogP) is 2.64. The van der Waals surface area contributed by atoms with E-state index in [0.29, 0.717) is 5.37 Å². The van der Waals surface area contributed by atoms with Gasteiger partial charge in [0.25, 0.3) is 0 Å². The summed E-state index contributed by atoms with van der Waals surface area (Å²) >= 11 is 1.79. The molecule has 2 heterocycles. The van der Waals surface area contributed by atoms with Gasteiger partial charge in [0.1, 0.15) is 0 Å². The Bertz CT molecular complexity index is 563. The fraction of sp³-hybridized carbons (Fsp3) is 0.500. The third kappa shape index (κ3) is 2.94. The quantitative estimate of drug-likeness (QED) is 0.876. The molecule has 1 atom stereocenters. The van der Waals surface area contributed by atoms with Crippen molar-refractivity contribution in [2.45, 2.75) is 24.4 Å². The molecule has 2 aromatic rings. The number of rotatable bonds is 3. The second-order valence-corrected chi connectivity index (χ2v) is 6.23. The number of benzene rings is 1. The Morgan fingerprint density at radius 3 is 2.95 bits per heavy atom. The highest BCUT2D eigenvalue weighted by molar-refractivity contribution is 7.99. The highest BCUT2D eigenvalue weighted by atomic mass is 32.2. The highest BCUT2D eigenvalue weighted by Gasteiger charge is 2.19. The highest BCUT2D eigenvalue weighted by Crippen LogP contribution is 2.26. The molecule has 1 aliphatic rings. The van der Waals surface area contributed by atoms with Crippen LogP contribution in [0.5, 0.6) is 0 Å². The Morgan fingerprint density at radius 1 is 1.37 bits per heavy atom. The summed E-state index contributed by atoms with van der Waals surface area (Å²) in [5.41, 5.74) is 3.42. The van der Waals surface area contributed by atoms with Crippen LogP contribution in [0.3, 0.4) is 0 Å². The number of hydrogen-bond acceptors (Lipinski definition) is 4. The zero-order valence-corrected chi connectivity index (χ0v) is 12.2. The van der Waals surface area contributed by atoms with E-state index >= 15 is 0 Å². The van der Waals surface area contributed by atoms with Crippen molar-refractivity contribution in [3.8, 4) is 0 Å². The van der Waals surface area contributed by atoms with Crippen molar-refractivity contribution in [1.29, 1.82) is 0 Å². The van der Waals surface area contributed by atoms with Crippen LogP contribution in [0, 0.1) is 6.92 Å². The van der Waals surface area contributed by atoms with Crippen molar-refractivity contribution in [2.24, 2.45) is 0 Å². The second-order valence-electron chi connectivity index (χ2n) is 4.93. The van der Waals surface area contributed by atoms with E-state index in [-0.39, 0.29) is 0 Å². The van der Waals surface area contributed by atoms with Crippen LogP contribution in [0.2, 0.25) is 0 Å². The summed E-state index contributed by atoms with van der Waals surface area (Å²) in [7, 11) is 0. The lowest BCUT2D eigenvalue weighted by atomic mass is 10.2. The summed E-state index contributed by atoms with van der Waals surface area (Å²) in [6.45, 7) is 8.02. The number of aryl methyl sites for hydroxylation is 1. The maximum atomic E-state index is 5.39. The van der Waals surface area contributed by atoms with Crippen LogP contribution < -0.4 is 0 Å². The van der Waals surface area contributed by atoms with Gasteiger partial charge in [-0.15, -0.1) is 0 Å². The molecule has 1 aromatic carbocycles. The number of ether oxygens (including phenoxy) is 1. The number of fused-ring (bicyclic) bond motifs is 1. The van der Waals surface area contributed by atoms with Gasteiger partial charge in [0.2, 0.25) is 0 Å². The van der Waals surface area contributed by atoms with Crippen LogP contribution in [0.1, 0.15) is 12.5 Å². The monoisotopic (exact) mass is 277 g/mol. The number of imidazole rings is 1. The Balaban J connectivity index is 1.73. The molecule has 4 nitrogen and oxygen atoms in total. The minimum absolute atomic E-state index is 0.422. The average molecular weight is 277 g/mol. The number of aromatic amines is 1. The molecule has 19 heavy (non-hydrogen) atoms. The number of nitrogens with zero attached hydrogens (tertiary/aromatic N) is 2. The third-order valence-electron chi connectivity index (χ3n) is 3.46. The molecule has 1 fully saturated rings. The minimum Gasteiger partial charge on any atom is -0.379 e. The molecule has 1 aromatic heterocycles. The van der Waals surface area contributed by atoms with Gasteiger partial charge in [0, 0.05) is 13.1 Å². The van der Waals surface area contributed by atoms with Gasteiger partial charge >= 0.3 is 0 Å². The zero-order valence-electron chi connectivity index (χ0n) is 11.3. The van der Waals surface area contributed by atoms with Crippen LogP contribution in [0.15, 0.2) is 23.4 Å². The van der Waals surface area contributed by atoms with Crippen molar-refractivity contribution in [2.75, 3.05) is 26.3 Å². The average Bonchev–Trinajstić information content (AvgIpc) is 2.81. The first-order valence-electron chi connectivity index (χ1n) is 6.67. The molecule has 0 saturated carbocycles. The molecule has 0 radical (unpaired) electrons. The molecular weight excluding hydrogens is 258 g/mol. The first-order chi connectivity index (χ1) is 9.22. The van der Waals surface area contributed by atoms with Gasteiger partial charge in [0.05, 0.1) is 29.6 Å². The van der Waals surface area contributed by atoms with E-state index in [1.807, 2.05) is 0 Å². The maximum Gasteiger partial charge on any atom is 0.167 e. The van der Waals surface area contributed by atoms with Gasteiger partial charge in [-0.1, -0.05) is 17.8 Å². The smallest absolute Gasteiger partial charge is 0.167 e. The lowest BCUT2D eigenvalue weighted by molar-refractivity contribution is 0.0351. The summed E-state index contributed by atoms with van der Waals surface area (Å²) in [5.74, 6) is 0. The fourth-order valence-electron chi connectivity index (χ4n) is 2.33. The van der Waals surface area contributed by atoms with E-state index in [0.717, 1.165) is 42.5 Å². The molecule has 0 bridgehead atoms. The molecule has 3 rings (SSSR count). The van der Waals surface area contributed by atoms with Crippen molar-refractivity contribution in [3.63, 3.8) is 0 Å². The fourth-order valence-corrected chi connectivity index (χ4v) is 3.34. The summed E-state index contributed by atoms with van der Waals surface area (Å²) in [6.07, 6.45) is 0. The second kappa shape index (κ2) is 5.53. The lowest BCUT2D eigenvalue weighted by Gasteiger charge is -2.31. The third-order valence-corrected chi connectivity index (χ3v) is 4.51. The molecule has 0 amide bonds. The van der Waals surface area contributed by atoms with E-state index < -0.39 is 0 Å². The Morgan fingerprint density at radius 2 is 2.16 bits per heavy atom. The van der Waals surface area contributed by atoms with Crippen molar-refractivity contribution in [1.82, 2.24) is 14.9 Å².